The maximum Gasteiger partial charge on any atom is 0.218 e. The fourth-order valence-electron chi connectivity index (χ4n) is 4.13. The van der Waals surface area contributed by atoms with Gasteiger partial charge in [0.1, 0.15) is 23.4 Å². The van der Waals surface area contributed by atoms with E-state index in [0.29, 0.717) is 13.0 Å². The fraction of sp³-hybridized carbons (Fsp3) is 0.308. The summed E-state index contributed by atoms with van der Waals surface area (Å²) in [6.07, 6.45) is 0.533. The van der Waals surface area contributed by atoms with Crippen molar-refractivity contribution in [2.75, 3.05) is 27.3 Å². The molecule has 0 unspecified atom stereocenters. The molecule has 0 saturated carbocycles. The third kappa shape index (κ3) is 5.77. The topological polar surface area (TPSA) is 77.1 Å². The largest absolute Gasteiger partial charge is 0.496 e. The number of hydroxylamine groups is 2. The first-order valence-corrected chi connectivity index (χ1v) is 12.8. The Morgan fingerprint density at radius 2 is 1.71 bits per heavy atom. The van der Waals surface area contributed by atoms with E-state index in [2.05, 4.69) is 4.72 Å². The van der Waals surface area contributed by atoms with Crippen LogP contribution in [0.4, 0.5) is 0 Å². The van der Waals surface area contributed by atoms with Gasteiger partial charge < -0.3 is 9.47 Å². The summed E-state index contributed by atoms with van der Waals surface area (Å²) in [6.45, 7) is 0.846. The van der Waals surface area contributed by atoms with E-state index in [1.54, 1.807) is 19.2 Å². The van der Waals surface area contributed by atoms with Crippen LogP contribution in [0.15, 0.2) is 78.9 Å². The molecule has 1 heterocycles. The Labute approximate surface area is 201 Å². The number of sulfonamides is 1. The molecule has 4 rings (SSSR count). The Bertz CT molecular complexity index is 1170. The van der Waals surface area contributed by atoms with Crippen LogP contribution in [-0.2, 0) is 27.9 Å². The smallest absolute Gasteiger partial charge is 0.218 e. The van der Waals surface area contributed by atoms with Crippen LogP contribution in [0.1, 0.15) is 22.7 Å². The molecule has 180 valence electrons. The van der Waals surface area contributed by atoms with Gasteiger partial charge in [-0.05, 0) is 41.3 Å². The van der Waals surface area contributed by atoms with Gasteiger partial charge in [-0.2, -0.15) is 5.06 Å². The van der Waals surface area contributed by atoms with Gasteiger partial charge >= 0.3 is 0 Å². The molecule has 0 aliphatic carbocycles. The van der Waals surface area contributed by atoms with E-state index < -0.39 is 21.3 Å². The summed E-state index contributed by atoms with van der Waals surface area (Å²) in [4.78, 5) is 5.62. The van der Waals surface area contributed by atoms with Crippen molar-refractivity contribution in [1.29, 1.82) is 0 Å². The molecule has 3 aromatic rings. The summed E-state index contributed by atoms with van der Waals surface area (Å²) in [5.41, 5.74) is 2.89. The first-order valence-electron chi connectivity index (χ1n) is 11.2. The summed E-state index contributed by atoms with van der Waals surface area (Å²) in [7, 11) is -0.258. The van der Waals surface area contributed by atoms with E-state index in [9.17, 15) is 8.42 Å². The molecule has 0 spiro atoms. The average molecular weight is 483 g/mol. The second-order valence-electron chi connectivity index (χ2n) is 8.17. The summed E-state index contributed by atoms with van der Waals surface area (Å²) in [5.74, 6) is 1.47. The van der Waals surface area contributed by atoms with Crippen molar-refractivity contribution in [3.05, 3.63) is 95.6 Å². The van der Waals surface area contributed by atoms with Gasteiger partial charge in [0.25, 0.3) is 0 Å². The highest BCUT2D eigenvalue weighted by molar-refractivity contribution is 7.90. The Kier molecular flexibility index (Phi) is 7.84. The lowest BCUT2D eigenvalue weighted by atomic mass is 10.0. The molecule has 1 N–H and O–H groups in total. The Morgan fingerprint density at radius 1 is 1.00 bits per heavy atom. The molecule has 1 fully saturated rings. The number of hydrogen-bond acceptors (Lipinski definition) is 6. The second kappa shape index (κ2) is 11.0. The van der Waals surface area contributed by atoms with Crippen molar-refractivity contribution in [3.8, 4) is 11.5 Å². The number of methoxy groups -OCH3 is 1. The zero-order valence-corrected chi connectivity index (χ0v) is 20.2. The van der Waals surface area contributed by atoms with Gasteiger partial charge in [-0.1, -0.05) is 60.7 Å². The molecule has 0 radical (unpaired) electrons. The first kappa shape index (κ1) is 24.2. The van der Waals surface area contributed by atoms with Crippen LogP contribution in [0.2, 0.25) is 0 Å². The van der Waals surface area contributed by atoms with E-state index >= 15 is 0 Å². The molecule has 0 amide bonds. The van der Waals surface area contributed by atoms with Crippen LogP contribution in [-0.4, -0.2) is 46.0 Å². The number of benzene rings is 3. The molecule has 0 aromatic heterocycles. The molecular formula is C26H30N2O5S. The predicted octanol–water partition coefficient (Wildman–Crippen LogP) is 3.72. The molecule has 3 aromatic carbocycles. The van der Waals surface area contributed by atoms with E-state index in [1.165, 1.54) is 0 Å². The quantitative estimate of drug-likeness (QED) is 0.475. The lowest BCUT2D eigenvalue weighted by molar-refractivity contribution is -0.110. The Hall–Kier alpha value is -2.91. The monoisotopic (exact) mass is 482 g/mol. The average Bonchev–Trinajstić information content (AvgIpc) is 3.26. The second-order valence-corrected chi connectivity index (χ2v) is 10.2. The van der Waals surface area contributed by atoms with Gasteiger partial charge in [-0.3, -0.25) is 4.84 Å². The third-order valence-electron chi connectivity index (χ3n) is 5.94. The van der Waals surface area contributed by atoms with E-state index in [1.807, 2.05) is 78.9 Å². The number of ether oxygens (including phenoxy) is 2. The number of para-hydroxylation sites is 1. The molecule has 1 aliphatic rings. The minimum absolute atomic E-state index is 0.0947. The molecule has 7 nitrogen and oxygen atoms in total. The number of hydrogen-bond donors (Lipinski definition) is 1. The van der Waals surface area contributed by atoms with Gasteiger partial charge in [0.05, 0.1) is 19.8 Å². The van der Waals surface area contributed by atoms with Gasteiger partial charge in [0.15, 0.2) is 0 Å². The van der Waals surface area contributed by atoms with Crippen molar-refractivity contribution in [1.82, 2.24) is 9.79 Å². The summed E-state index contributed by atoms with van der Waals surface area (Å²) in [5, 5.41) is 0.885. The Balaban J connectivity index is 1.40. The standard InChI is InChI=1S/C26H30N2O5S/c1-28-26(22-12-14-23(15-13-22)32-18-20-8-4-3-5-9-20)25(19-33-28)34(29,30)27-17-16-21-10-6-7-11-24(21)31-2/h3-15,25-27H,16-19H2,1-2H3/t25-,26-/m0/s1. The molecule has 1 saturated heterocycles. The number of nitrogens with zero attached hydrogens (tertiary/aromatic N) is 1. The van der Waals surface area contributed by atoms with Crippen molar-refractivity contribution >= 4 is 10.0 Å². The van der Waals surface area contributed by atoms with Crippen LogP contribution in [0.5, 0.6) is 11.5 Å². The number of nitrogens with one attached hydrogen (secondary N) is 1. The molecule has 2 atom stereocenters. The van der Waals surface area contributed by atoms with Gasteiger partial charge in [0, 0.05) is 13.6 Å². The highest BCUT2D eigenvalue weighted by atomic mass is 32.2. The van der Waals surface area contributed by atoms with Crippen LogP contribution >= 0.6 is 0 Å². The SMILES string of the molecule is COc1ccccc1CCNS(=O)(=O)[C@H]1CON(C)[C@H]1c1ccc(OCc2ccccc2)cc1. The minimum Gasteiger partial charge on any atom is -0.496 e. The maximum atomic E-state index is 13.2. The molecule has 34 heavy (non-hydrogen) atoms. The maximum absolute atomic E-state index is 13.2. The Morgan fingerprint density at radius 3 is 2.44 bits per heavy atom. The van der Waals surface area contributed by atoms with Crippen LogP contribution < -0.4 is 14.2 Å². The van der Waals surface area contributed by atoms with Gasteiger partial charge in [-0.25, -0.2) is 13.1 Å². The van der Waals surface area contributed by atoms with E-state index in [4.69, 9.17) is 14.3 Å². The summed E-state index contributed by atoms with van der Waals surface area (Å²) >= 11 is 0. The fourth-order valence-corrected chi connectivity index (χ4v) is 5.64. The highest BCUT2D eigenvalue weighted by Gasteiger charge is 2.43. The predicted molar refractivity (Wildman–Crippen MR) is 131 cm³/mol. The zero-order chi connectivity index (χ0) is 24.0. The molecular weight excluding hydrogens is 452 g/mol. The van der Waals surface area contributed by atoms with E-state index in [-0.39, 0.29) is 13.2 Å². The normalized spacial score (nSPS) is 18.6. The van der Waals surface area contributed by atoms with Gasteiger partial charge in [0.2, 0.25) is 10.0 Å². The van der Waals surface area contributed by atoms with E-state index in [0.717, 1.165) is 28.2 Å². The lowest BCUT2D eigenvalue weighted by Crippen LogP contribution is -2.40. The van der Waals surface area contributed by atoms with Crippen LogP contribution in [0.25, 0.3) is 0 Å². The van der Waals surface area contributed by atoms with Crippen molar-refractivity contribution in [2.24, 2.45) is 0 Å². The summed E-state index contributed by atoms with van der Waals surface area (Å²) in [6, 6.07) is 24.6. The van der Waals surface area contributed by atoms with Crippen LogP contribution in [0.3, 0.4) is 0 Å². The molecule has 0 bridgehead atoms. The van der Waals surface area contributed by atoms with Crippen molar-refractivity contribution in [2.45, 2.75) is 24.3 Å². The zero-order valence-electron chi connectivity index (χ0n) is 19.4. The molecule has 1 aliphatic heterocycles. The number of rotatable bonds is 10. The van der Waals surface area contributed by atoms with Crippen molar-refractivity contribution < 1.29 is 22.7 Å². The highest BCUT2D eigenvalue weighted by Crippen LogP contribution is 2.34. The first-order chi connectivity index (χ1) is 16.5. The summed E-state index contributed by atoms with van der Waals surface area (Å²) < 4.78 is 40.3. The van der Waals surface area contributed by atoms with Gasteiger partial charge in [-0.15, -0.1) is 0 Å². The third-order valence-corrected chi connectivity index (χ3v) is 7.74. The van der Waals surface area contributed by atoms with Crippen LogP contribution in [0, 0.1) is 0 Å². The molecule has 8 heteroatoms. The van der Waals surface area contributed by atoms with Crippen molar-refractivity contribution in [3.63, 3.8) is 0 Å². The lowest BCUT2D eigenvalue weighted by Gasteiger charge is -2.23. The minimum atomic E-state index is -3.63.